The molecule has 150 valence electrons. The Balaban J connectivity index is 1.62. The Labute approximate surface area is 182 Å². The van der Waals surface area contributed by atoms with Gasteiger partial charge in [0, 0.05) is 0 Å². The molecule has 0 aliphatic carbocycles. The maximum atomic E-state index is 12.2. The summed E-state index contributed by atoms with van der Waals surface area (Å²) in [4.78, 5) is 12.2. The average Bonchev–Trinajstić information content (AvgIpc) is 3.24. The fourth-order valence-electron chi connectivity index (χ4n) is 2.24. The average molecular weight is 453 g/mol. The Morgan fingerprint density at radius 3 is 2.38 bits per heavy atom. The molecule has 0 aliphatic heterocycles. The van der Waals surface area contributed by atoms with Crippen LogP contribution >= 0.6 is 34.8 Å². The fraction of sp³-hybridized carbons (Fsp3) is 0.100. The lowest BCUT2D eigenvalue weighted by Crippen LogP contribution is -2.47. The van der Waals surface area contributed by atoms with Crippen LogP contribution in [0.4, 0.5) is 5.69 Å². The number of carbonyl (C=O) groups is 1. The van der Waals surface area contributed by atoms with E-state index in [4.69, 9.17) is 44.0 Å². The van der Waals surface area contributed by atoms with Crippen LogP contribution < -0.4 is 15.5 Å². The van der Waals surface area contributed by atoms with Crippen LogP contribution in [0.15, 0.2) is 82.5 Å². The molecule has 2 N–H and O–H groups in total. The van der Waals surface area contributed by atoms with Crippen LogP contribution in [0.3, 0.4) is 0 Å². The van der Waals surface area contributed by atoms with Crippen molar-refractivity contribution in [2.45, 2.75) is 10.0 Å². The van der Waals surface area contributed by atoms with E-state index >= 15 is 0 Å². The van der Waals surface area contributed by atoms with Gasteiger partial charge in [0.15, 0.2) is 5.76 Å². The number of nitrogens with zero attached hydrogens (tertiary/aromatic N) is 1. The molecule has 0 saturated heterocycles. The number of hydrogen-bond donors (Lipinski definition) is 2. The maximum Gasteiger partial charge on any atom is 0.289 e. The van der Waals surface area contributed by atoms with Gasteiger partial charge in [-0.25, -0.2) is 0 Å². The van der Waals surface area contributed by atoms with Gasteiger partial charge >= 0.3 is 0 Å². The Morgan fingerprint density at radius 1 is 1.03 bits per heavy atom. The molecule has 0 fully saturated rings. The number of carbonyl (C=O) groups excluding carboxylic acids is 1. The van der Waals surface area contributed by atoms with Crippen molar-refractivity contribution in [3.05, 3.63) is 84.3 Å². The third-order valence-electron chi connectivity index (χ3n) is 3.62. The molecule has 0 saturated carbocycles. The zero-order chi connectivity index (χ0) is 20.7. The van der Waals surface area contributed by atoms with Crippen molar-refractivity contribution in [3.63, 3.8) is 0 Å². The van der Waals surface area contributed by atoms with E-state index in [-0.39, 0.29) is 5.76 Å². The number of hydrogen-bond acceptors (Lipinski definition) is 5. The van der Waals surface area contributed by atoms with Gasteiger partial charge in [0.2, 0.25) is 10.0 Å². The van der Waals surface area contributed by atoms with Crippen LogP contribution in [0.5, 0.6) is 5.75 Å². The molecule has 2 aromatic carbocycles. The van der Waals surface area contributed by atoms with Crippen molar-refractivity contribution >= 4 is 52.6 Å². The van der Waals surface area contributed by atoms with Gasteiger partial charge in [-0.2, -0.15) is 5.10 Å². The number of halogens is 3. The first-order chi connectivity index (χ1) is 13.9. The molecule has 0 aliphatic rings. The van der Waals surface area contributed by atoms with Crippen LogP contribution in [0.2, 0.25) is 0 Å². The number of nitrogens with one attached hydrogen (secondary N) is 2. The minimum absolute atomic E-state index is 0.0744. The number of para-hydroxylation sites is 1. The number of benzene rings is 2. The van der Waals surface area contributed by atoms with Crippen molar-refractivity contribution in [2.24, 2.45) is 5.10 Å². The molecule has 1 heterocycles. The number of amides is 1. The van der Waals surface area contributed by atoms with Crippen LogP contribution in [0.25, 0.3) is 0 Å². The molecule has 1 aromatic heterocycles. The summed E-state index contributed by atoms with van der Waals surface area (Å²) in [6.45, 7) is 0. The first-order valence-electron chi connectivity index (χ1n) is 8.44. The molecule has 0 spiro atoms. The van der Waals surface area contributed by atoms with Crippen molar-refractivity contribution in [1.82, 2.24) is 5.32 Å². The number of anilines is 1. The molecule has 9 heteroatoms. The van der Waals surface area contributed by atoms with E-state index in [9.17, 15) is 4.79 Å². The molecule has 0 radical (unpaired) electrons. The third-order valence-corrected chi connectivity index (χ3v) is 4.21. The second-order valence-electron chi connectivity index (χ2n) is 5.80. The van der Waals surface area contributed by atoms with Crippen LogP contribution in [-0.2, 0) is 0 Å². The third kappa shape index (κ3) is 6.42. The minimum Gasteiger partial charge on any atom is -0.466 e. The monoisotopic (exact) mass is 451 g/mol. The summed E-state index contributed by atoms with van der Waals surface area (Å²) in [5.41, 5.74) is 4.63. The number of hydrazone groups is 1. The van der Waals surface area contributed by atoms with Gasteiger partial charge in [-0.1, -0.05) is 53.0 Å². The fourth-order valence-corrected chi connectivity index (χ4v) is 2.54. The molecule has 6 nitrogen and oxygen atoms in total. The van der Waals surface area contributed by atoms with Crippen molar-refractivity contribution in [1.29, 1.82) is 0 Å². The van der Waals surface area contributed by atoms with Gasteiger partial charge in [-0.15, -0.1) is 0 Å². The SMILES string of the molecule is O=C(N[C@@H](Oc1ccc(/C=N\Nc2ccccc2)cc1)C(Cl)(Cl)Cl)c1ccco1. The number of ether oxygens (including phenoxy) is 1. The van der Waals surface area contributed by atoms with E-state index in [1.165, 1.54) is 12.3 Å². The van der Waals surface area contributed by atoms with Crippen molar-refractivity contribution in [3.8, 4) is 5.75 Å². The second kappa shape index (κ2) is 9.69. The van der Waals surface area contributed by atoms with E-state index in [1.807, 2.05) is 30.3 Å². The quantitative estimate of drug-likeness (QED) is 0.223. The molecule has 3 aromatic rings. The Morgan fingerprint density at radius 2 is 1.76 bits per heavy atom. The minimum atomic E-state index is -1.90. The van der Waals surface area contributed by atoms with E-state index in [0.717, 1.165) is 11.3 Å². The lowest BCUT2D eigenvalue weighted by molar-refractivity contribution is 0.0805. The normalized spacial score (nSPS) is 12.5. The molecule has 0 unspecified atom stereocenters. The van der Waals surface area contributed by atoms with Gasteiger partial charge in [0.1, 0.15) is 5.75 Å². The van der Waals surface area contributed by atoms with Crippen LogP contribution in [0, 0.1) is 0 Å². The highest BCUT2D eigenvalue weighted by Crippen LogP contribution is 2.32. The summed E-state index contributed by atoms with van der Waals surface area (Å²) >= 11 is 17.8. The Kier molecular flexibility index (Phi) is 7.04. The largest absolute Gasteiger partial charge is 0.466 e. The molecular weight excluding hydrogens is 437 g/mol. The summed E-state index contributed by atoms with van der Waals surface area (Å²) in [6.07, 6.45) is 1.79. The van der Waals surface area contributed by atoms with Crippen molar-refractivity contribution < 1.29 is 13.9 Å². The first-order valence-corrected chi connectivity index (χ1v) is 9.57. The van der Waals surface area contributed by atoms with Crippen molar-refractivity contribution in [2.75, 3.05) is 5.43 Å². The van der Waals surface area contributed by atoms with Crippen LogP contribution in [0.1, 0.15) is 16.1 Å². The molecule has 1 atom stereocenters. The summed E-state index contributed by atoms with van der Waals surface area (Å²) < 4.78 is 8.77. The molecule has 29 heavy (non-hydrogen) atoms. The van der Waals surface area contributed by atoms with E-state index in [2.05, 4.69) is 15.8 Å². The Bertz CT molecular complexity index is 941. The zero-order valence-electron chi connectivity index (χ0n) is 14.9. The van der Waals surface area contributed by atoms with Gasteiger partial charge in [0.05, 0.1) is 18.2 Å². The topological polar surface area (TPSA) is 75.9 Å². The number of alkyl halides is 3. The van der Waals surface area contributed by atoms with E-state index in [1.54, 1.807) is 36.5 Å². The summed E-state index contributed by atoms with van der Waals surface area (Å²) in [5, 5.41) is 6.65. The van der Waals surface area contributed by atoms with Gasteiger partial charge < -0.3 is 14.5 Å². The molecule has 1 amide bonds. The number of rotatable bonds is 7. The summed E-state index contributed by atoms with van der Waals surface area (Å²) in [6, 6.07) is 19.5. The second-order valence-corrected chi connectivity index (χ2v) is 8.16. The maximum absolute atomic E-state index is 12.2. The van der Waals surface area contributed by atoms with Gasteiger partial charge in [-0.3, -0.25) is 10.2 Å². The van der Waals surface area contributed by atoms with Gasteiger partial charge in [0.25, 0.3) is 5.91 Å². The lowest BCUT2D eigenvalue weighted by atomic mass is 10.2. The summed E-state index contributed by atoms with van der Waals surface area (Å²) in [5.74, 6) is -0.0957. The standard InChI is InChI=1S/C20H16Cl3N3O3/c21-20(22,23)19(25-18(27)17-7-4-12-28-17)29-16-10-8-14(9-11-16)13-24-26-15-5-2-1-3-6-15/h1-13,19,26H,(H,25,27)/b24-13-/t19-/m0/s1. The van der Waals surface area contributed by atoms with Crippen LogP contribution in [-0.4, -0.2) is 22.1 Å². The first kappa shape index (κ1) is 21.0. The number of furan rings is 1. The zero-order valence-corrected chi connectivity index (χ0v) is 17.2. The highest BCUT2D eigenvalue weighted by Gasteiger charge is 2.36. The molecule has 0 bridgehead atoms. The lowest BCUT2D eigenvalue weighted by Gasteiger charge is -2.25. The van der Waals surface area contributed by atoms with Gasteiger partial charge in [-0.05, 0) is 54.1 Å². The van der Waals surface area contributed by atoms with E-state index < -0.39 is 15.9 Å². The molecule has 3 rings (SSSR count). The Hall–Kier alpha value is -2.67. The predicted molar refractivity (Wildman–Crippen MR) is 115 cm³/mol. The predicted octanol–water partition coefficient (Wildman–Crippen LogP) is 5.23. The molecular formula is C20H16Cl3N3O3. The van der Waals surface area contributed by atoms with E-state index in [0.29, 0.717) is 5.75 Å². The highest BCUT2D eigenvalue weighted by atomic mass is 35.6. The summed E-state index contributed by atoms with van der Waals surface area (Å²) in [7, 11) is 0. The smallest absolute Gasteiger partial charge is 0.289 e. The highest BCUT2D eigenvalue weighted by molar-refractivity contribution is 6.68.